The van der Waals surface area contributed by atoms with Crippen LogP contribution in [0.5, 0.6) is 0 Å². The van der Waals surface area contributed by atoms with Gasteiger partial charge in [0.1, 0.15) is 0 Å². The smallest absolute Gasteiger partial charge is 0.0500 e. The van der Waals surface area contributed by atoms with Gasteiger partial charge in [-0.15, -0.1) is 11.6 Å². The number of hydrogen-bond acceptors (Lipinski definition) is 1. The highest BCUT2D eigenvalue weighted by Crippen LogP contribution is 1.90. The van der Waals surface area contributed by atoms with Crippen molar-refractivity contribution in [3.8, 4) is 0 Å². The quantitative estimate of drug-likeness (QED) is 0.454. The molecule has 1 nitrogen and oxygen atoms in total. The van der Waals surface area contributed by atoms with Crippen molar-refractivity contribution >= 4 is 23.2 Å². The Morgan fingerprint density at radius 1 is 1.30 bits per heavy atom. The summed E-state index contributed by atoms with van der Waals surface area (Å²) >= 11 is 10.7. The largest absolute Gasteiger partial charge is 0.381 e. The van der Waals surface area contributed by atoms with Gasteiger partial charge in [0.25, 0.3) is 0 Å². The van der Waals surface area contributed by atoms with Crippen LogP contribution in [-0.2, 0) is 4.74 Å². The fourth-order valence-electron chi connectivity index (χ4n) is 0.473. The Kier molecular flexibility index (Phi) is 9.54. The van der Waals surface area contributed by atoms with Crippen LogP contribution in [0.3, 0.4) is 0 Å². The first-order valence-electron chi connectivity index (χ1n) is 3.30. The Morgan fingerprint density at radius 3 is 2.70 bits per heavy atom. The Labute approximate surface area is 72.0 Å². The van der Waals surface area contributed by atoms with Gasteiger partial charge in [0.2, 0.25) is 0 Å². The first kappa shape index (κ1) is 10.3. The summed E-state index contributed by atoms with van der Waals surface area (Å²) in [6.07, 6.45) is 3.67. The van der Waals surface area contributed by atoms with E-state index in [-0.39, 0.29) is 0 Å². The molecule has 60 valence electrons. The molecule has 0 N–H and O–H groups in total. The maximum Gasteiger partial charge on any atom is 0.0500 e. The highest BCUT2D eigenvalue weighted by molar-refractivity contribution is 6.25. The lowest BCUT2D eigenvalue weighted by atomic mass is 10.4. The fraction of sp³-hybridized carbons (Fsp3) is 0.714. The minimum atomic E-state index is 0.672. The van der Waals surface area contributed by atoms with Crippen molar-refractivity contribution in [3.05, 3.63) is 11.6 Å². The van der Waals surface area contributed by atoms with Gasteiger partial charge in [-0.2, -0.15) is 0 Å². The molecule has 0 rings (SSSR count). The Bertz CT molecular complexity index is 83.7. The molecule has 0 aliphatic carbocycles. The lowest BCUT2D eigenvalue weighted by Crippen LogP contribution is -1.95. The molecule has 0 aliphatic heterocycles. The molecule has 0 heterocycles. The lowest BCUT2D eigenvalue weighted by molar-refractivity contribution is 0.140. The van der Waals surface area contributed by atoms with Crippen LogP contribution in [0, 0.1) is 0 Å². The normalized spacial score (nSPS) is 11.0. The van der Waals surface area contributed by atoms with Gasteiger partial charge in [-0.05, 0) is 12.8 Å². The average molecular weight is 183 g/mol. The zero-order valence-electron chi connectivity index (χ0n) is 5.85. The van der Waals surface area contributed by atoms with E-state index in [2.05, 4.69) is 0 Å². The first-order chi connectivity index (χ1) is 4.91. The van der Waals surface area contributed by atoms with Crippen LogP contribution in [-0.4, -0.2) is 19.1 Å². The van der Waals surface area contributed by atoms with Crippen LogP contribution in [0.2, 0.25) is 0 Å². The maximum atomic E-state index is 5.43. The zero-order valence-corrected chi connectivity index (χ0v) is 7.37. The highest BCUT2D eigenvalue weighted by Gasteiger charge is 1.84. The molecule has 0 bridgehead atoms. The molecule has 0 saturated heterocycles. The summed E-state index contributed by atoms with van der Waals surface area (Å²) < 4.78 is 5.18. The number of rotatable bonds is 6. The second kappa shape index (κ2) is 9.28. The third kappa shape index (κ3) is 8.28. The molecule has 0 fully saturated rings. The third-order valence-electron chi connectivity index (χ3n) is 0.940. The van der Waals surface area contributed by atoms with E-state index in [4.69, 9.17) is 27.9 Å². The molecule has 0 saturated carbocycles. The van der Waals surface area contributed by atoms with E-state index in [0.717, 1.165) is 26.1 Å². The topological polar surface area (TPSA) is 9.23 Å². The van der Waals surface area contributed by atoms with E-state index >= 15 is 0 Å². The number of hydrogen-bond donors (Lipinski definition) is 0. The second-order valence-corrected chi connectivity index (χ2v) is 2.44. The van der Waals surface area contributed by atoms with Crippen LogP contribution in [0.4, 0.5) is 0 Å². The SMILES string of the molecule is ClC=CCCOCCCCl. The molecular weight excluding hydrogens is 171 g/mol. The monoisotopic (exact) mass is 182 g/mol. The van der Waals surface area contributed by atoms with Crippen molar-refractivity contribution in [3.63, 3.8) is 0 Å². The Balaban J connectivity index is 2.77. The van der Waals surface area contributed by atoms with Crippen molar-refractivity contribution in [2.75, 3.05) is 19.1 Å². The van der Waals surface area contributed by atoms with Gasteiger partial charge in [0.05, 0.1) is 6.61 Å². The molecule has 0 radical (unpaired) electrons. The van der Waals surface area contributed by atoms with Crippen molar-refractivity contribution in [2.24, 2.45) is 0 Å². The molecule has 0 aliphatic rings. The van der Waals surface area contributed by atoms with Crippen molar-refractivity contribution in [2.45, 2.75) is 12.8 Å². The van der Waals surface area contributed by atoms with Gasteiger partial charge in [-0.1, -0.05) is 17.7 Å². The van der Waals surface area contributed by atoms with Crippen LogP contribution < -0.4 is 0 Å². The lowest BCUT2D eigenvalue weighted by Gasteiger charge is -1.97. The molecule has 0 unspecified atom stereocenters. The van der Waals surface area contributed by atoms with Crippen molar-refractivity contribution < 1.29 is 4.74 Å². The molecule has 0 amide bonds. The molecule has 10 heavy (non-hydrogen) atoms. The van der Waals surface area contributed by atoms with Gasteiger partial charge in [0, 0.05) is 18.0 Å². The van der Waals surface area contributed by atoms with Gasteiger partial charge >= 0.3 is 0 Å². The predicted octanol–water partition coefficient (Wildman–Crippen LogP) is 2.77. The number of ether oxygens (including phenoxy) is 1. The number of halogens is 2. The second-order valence-electron chi connectivity index (χ2n) is 1.81. The van der Waals surface area contributed by atoms with E-state index < -0.39 is 0 Å². The summed E-state index contributed by atoms with van der Waals surface area (Å²) in [5.74, 6) is 0.672. The Morgan fingerprint density at radius 2 is 2.10 bits per heavy atom. The van der Waals surface area contributed by atoms with Gasteiger partial charge in [-0.3, -0.25) is 0 Å². The van der Waals surface area contributed by atoms with Gasteiger partial charge in [-0.25, -0.2) is 0 Å². The van der Waals surface area contributed by atoms with Crippen LogP contribution >= 0.6 is 23.2 Å². The molecule has 3 heteroatoms. The van der Waals surface area contributed by atoms with Crippen molar-refractivity contribution in [1.29, 1.82) is 0 Å². The predicted molar refractivity (Wildman–Crippen MR) is 45.8 cm³/mol. The van der Waals surface area contributed by atoms with E-state index in [1.807, 2.05) is 6.08 Å². The molecule has 0 aromatic rings. The molecule has 0 aromatic heterocycles. The van der Waals surface area contributed by atoms with Crippen LogP contribution in [0.15, 0.2) is 11.6 Å². The zero-order chi connectivity index (χ0) is 7.66. The first-order valence-corrected chi connectivity index (χ1v) is 4.28. The highest BCUT2D eigenvalue weighted by atomic mass is 35.5. The van der Waals surface area contributed by atoms with Crippen LogP contribution in [0.25, 0.3) is 0 Å². The summed E-state index contributed by atoms with van der Waals surface area (Å²) in [6.45, 7) is 1.49. The molecule has 0 aromatic carbocycles. The van der Waals surface area contributed by atoms with E-state index in [1.54, 1.807) is 0 Å². The fourth-order valence-corrected chi connectivity index (χ4v) is 0.708. The summed E-state index contributed by atoms with van der Waals surface area (Å²) in [6, 6.07) is 0. The molecule has 0 atom stereocenters. The summed E-state index contributed by atoms with van der Waals surface area (Å²) in [4.78, 5) is 0. The third-order valence-corrected chi connectivity index (χ3v) is 1.39. The Hall–Kier alpha value is 0.280. The standard InChI is InChI=1S/C7H12Cl2O/c8-4-1-2-6-10-7-3-5-9/h1,4H,2-3,5-7H2. The van der Waals surface area contributed by atoms with E-state index in [9.17, 15) is 0 Å². The number of alkyl halides is 1. The van der Waals surface area contributed by atoms with E-state index in [1.165, 1.54) is 5.54 Å². The van der Waals surface area contributed by atoms with Gasteiger partial charge < -0.3 is 4.74 Å². The van der Waals surface area contributed by atoms with E-state index in [0.29, 0.717) is 5.88 Å². The van der Waals surface area contributed by atoms with Crippen LogP contribution in [0.1, 0.15) is 12.8 Å². The minimum Gasteiger partial charge on any atom is -0.381 e. The molecular formula is C7H12Cl2O. The maximum absolute atomic E-state index is 5.43. The summed E-state index contributed by atoms with van der Waals surface area (Å²) in [7, 11) is 0. The summed E-state index contributed by atoms with van der Waals surface area (Å²) in [5.41, 5.74) is 1.50. The molecule has 0 spiro atoms. The summed E-state index contributed by atoms with van der Waals surface area (Å²) in [5, 5.41) is 0. The van der Waals surface area contributed by atoms with Gasteiger partial charge in [0.15, 0.2) is 0 Å². The average Bonchev–Trinajstić information content (AvgIpc) is 1.97. The van der Waals surface area contributed by atoms with Crippen molar-refractivity contribution in [1.82, 2.24) is 0 Å². The minimum absolute atomic E-state index is 0.672.